The van der Waals surface area contributed by atoms with Crippen LogP contribution in [0.1, 0.15) is 33.0 Å². The van der Waals surface area contributed by atoms with E-state index in [-0.39, 0.29) is 17.2 Å². The molecule has 2 aromatic rings. The van der Waals surface area contributed by atoms with Gasteiger partial charge in [0, 0.05) is 26.2 Å². The van der Waals surface area contributed by atoms with Gasteiger partial charge in [-0.15, -0.1) is 22.9 Å². The molecule has 3 nitrogen and oxygen atoms in total. The van der Waals surface area contributed by atoms with Crippen LogP contribution >= 0.6 is 46.1 Å². The Morgan fingerprint density at radius 3 is 2.54 bits per heavy atom. The van der Waals surface area contributed by atoms with Crippen LogP contribution in [0.2, 0.25) is 10.0 Å². The van der Waals surface area contributed by atoms with Gasteiger partial charge in [-0.1, -0.05) is 41.4 Å². The molecule has 3 rings (SSSR count). The molecule has 0 amide bonds. The molecule has 0 spiro atoms. The predicted octanol–water partition coefficient (Wildman–Crippen LogP) is 6.47. The number of rotatable bonds is 6. The van der Waals surface area contributed by atoms with Gasteiger partial charge in [-0.2, -0.15) is 0 Å². The lowest BCUT2D eigenvalue weighted by Crippen LogP contribution is -2.18. The summed E-state index contributed by atoms with van der Waals surface area (Å²) < 4.78 is 0. The van der Waals surface area contributed by atoms with Gasteiger partial charge in [-0.05, 0) is 60.7 Å². The summed E-state index contributed by atoms with van der Waals surface area (Å²) in [5.74, 6) is -0.920. The lowest BCUT2D eigenvalue weighted by atomic mass is 9.90. The molecule has 7 heteroatoms. The molecule has 1 aliphatic carbocycles. The maximum Gasteiger partial charge on any atom is 0.345 e. The molecule has 148 valence electrons. The molecule has 28 heavy (non-hydrogen) atoms. The van der Waals surface area contributed by atoms with Crippen molar-refractivity contribution in [2.45, 2.75) is 24.3 Å². The minimum absolute atomic E-state index is 0.0807. The Morgan fingerprint density at radius 2 is 1.89 bits per heavy atom. The molecule has 4 atom stereocenters. The van der Waals surface area contributed by atoms with Crippen molar-refractivity contribution in [3.63, 3.8) is 0 Å². The summed E-state index contributed by atoms with van der Waals surface area (Å²) in [6.07, 6.45) is 8.50. The first-order valence-corrected chi connectivity index (χ1v) is 10.8. The molecule has 1 aliphatic rings. The van der Waals surface area contributed by atoms with Gasteiger partial charge in [0.25, 0.3) is 0 Å². The van der Waals surface area contributed by atoms with E-state index in [2.05, 4.69) is 0 Å². The molecular formula is C21H19Cl3O3S. The van der Waals surface area contributed by atoms with E-state index >= 15 is 0 Å². The molecule has 1 heterocycles. The van der Waals surface area contributed by atoms with Crippen molar-refractivity contribution in [2.24, 2.45) is 11.8 Å². The molecule has 1 saturated carbocycles. The van der Waals surface area contributed by atoms with Crippen molar-refractivity contribution in [1.82, 2.24) is 0 Å². The Labute approximate surface area is 182 Å². The first-order chi connectivity index (χ1) is 13.3. The lowest BCUT2D eigenvalue weighted by Gasteiger charge is -2.19. The van der Waals surface area contributed by atoms with Crippen molar-refractivity contribution in [2.75, 3.05) is 0 Å². The summed E-state index contributed by atoms with van der Waals surface area (Å²) >= 11 is 19.8. The quantitative estimate of drug-likeness (QED) is 0.488. The molecule has 0 unspecified atom stereocenters. The van der Waals surface area contributed by atoms with Gasteiger partial charge in [0.05, 0.1) is 6.10 Å². The van der Waals surface area contributed by atoms with E-state index in [0.717, 1.165) is 10.4 Å². The highest BCUT2D eigenvalue weighted by molar-refractivity contribution is 7.14. The summed E-state index contributed by atoms with van der Waals surface area (Å²) in [5.41, 5.74) is 0.872. The number of benzene rings is 1. The average Bonchev–Trinajstić information content (AvgIpc) is 3.18. The zero-order valence-electron chi connectivity index (χ0n) is 14.8. The van der Waals surface area contributed by atoms with Crippen LogP contribution < -0.4 is 0 Å². The second kappa shape index (κ2) is 9.47. The summed E-state index contributed by atoms with van der Waals surface area (Å²) in [4.78, 5) is 12.2. The van der Waals surface area contributed by atoms with Crippen LogP contribution in [0.5, 0.6) is 0 Å². The summed E-state index contributed by atoms with van der Waals surface area (Å²) in [6.45, 7) is 0. The highest BCUT2D eigenvalue weighted by Gasteiger charge is 2.39. The van der Waals surface area contributed by atoms with E-state index in [0.29, 0.717) is 27.8 Å². The van der Waals surface area contributed by atoms with Crippen molar-refractivity contribution >= 4 is 64.3 Å². The van der Waals surface area contributed by atoms with Crippen LogP contribution in [0.25, 0.3) is 12.2 Å². The van der Waals surface area contributed by atoms with E-state index < -0.39 is 12.1 Å². The summed E-state index contributed by atoms with van der Waals surface area (Å²) in [6, 6.07) is 8.68. The van der Waals surface area contributed by atoms with Gasteiger partial charge in [0.15, 0.2) is 0 Å². The van der Waals surface area contributed by atoms with Crippen molar-refractivity contribution < 1.29 is 15.0 Å². The third-order valence-corrected chi connectivity index (χ3v) is 6.77. The number of carboxylic acids is 1. The third-order valence-electron chi connectivity index (χ3n) is 4.79. The van der Waals surface area contributed by atoms with E-state index in [1.54, 1.807) is 18.2 Å². The highest BCUT2D eigenvalue weighted by Crippen LogP contribution is 2.40. The molecule has 1 aromatic carbocycles. The monoisotopic (exact) mass is 456 g/mol. The fourth-order valence-electron chi connectivity index (χ4n) is 3.46. The van der Waals surface area contributed by atoms with Crippen LogP contribution in [0.15, 0.2) is 42.5 Å². The van der Waals surface area contributed by atoms with Gasteiger partial charge < -0.3 is 10.2 Å². The standard InChI is InChI=1S/C21H19Cl3O3S/c22-13-8-12(9-14(23)10-13)4-6-17-16(18(24)11-19(17)25)3-1-2-15-5-7-20(28-15)21(26)27/h1-2,4-10,16-19,25H,3,11H2,(H,26,27)/b2-1+,6-4+/t16-,17-,18-,19-/m1/s1. The molecule has 2 N–H and O–H groups in total. The highest BCUT2D eigenvalue weighted by atomic mass is 35.5. The largest absolute Gasteiger partial charge is 0.477 e. The van der Waals surface area contributed by atoms with Gasteiger partial charge in [-0.3, -0.25) is 0 Å². The number of thiophene rings is 1. The van der Waals surface area contributed by atoms with Crippen LogP contribution in [-0.4, -0.2) is 27.7 Å². The molecule has 1 fully saturated rings. The van der Waals surface area contributed by atoms with E-state index in [9.17, 15) is 9.90 Å². The van der Waals surface area contributed by atoms with Crippen LogP contribution in [0, 0.1) is 11.8 Å². The Hall–Kier alpha value is -1.30. The van der Waals surface area contributed by atoms with Crippen molar-refractivity contribution in [3.05, 3.63) is 67.8 Å². The number of aliphatic hydroxyl groups excluding tert-OH is 1. The SMILES string of the molecule is O=C(O)c1ccc(/C=C/C[C@@H]2[C@@H](/C=C/c3cc(Cl)cc(Cl)c3)[C@H](O)C[C@H]2Cl)s1. The first kappa shape index (κ1) is 21.4. The van der Waals surface area contributed by atoms with Gasteiger partial charge in [0.1, 0.15) is 4.88 Å². The number of halogens is 3. The van der Waals surface area contributed by atoms with Crippen LogP contribution in [0.3, 0.4) is 0 Å². The Balaban J connectivity index is 1.70. The minimum Gasteiger partial charge on any atom is -0.477 e. The molecular weight excluding hydrogens is 439 g/mol. The zero-order chi connectivity index (χ0) is 20.3. The molecule has 0 bridgehead atoms. The Bertz CT molecular complexity index is 886. The molecule has 0 radical (unpaired) electrons. The Kier molecular flexibility index (Phi) is 7.24. The van der Waals surface area contributed by atoms with Gasteiger partial charge >= 0.3 is 5.97 Å². The fraction of sp³-hybridized carbons (Fsp3) is 0.286. The summed E-state index contributed by atoms with van der Waals surface area (Å²) in [5, 5.41) is 20.4. The van der Waals surface area contributed by atoms with Crippen LogP contribution in [-0.2, 0) is 0 Å². The number of aliphatic hydroxyl groups is 1. The van der Waals surface area contributed by atoms with E-state index in [1.807, 2.05) is 36.4 Å². The van der Waals surface area contributed by atoms with E-state index in [4.69, 9.17) is 39.9 Å². The molecule has 1 aromatic heterocycles. The number of hydrogen-bond donors (Lipinski definition) is 2. The van der Waals surface area contributed by atoms with Crippen LogP contribution in [0.4, 0.5) is 0 Å². The number of allylic oxidation sites excluding steroid dienone is 1. The Morgan fingerprint density at radius 1 is 1.18 bits per heavy atom. The second-order valence-electron chi connectivity index (χ2n) is 6.77. The number of aromatic carboxylic acids is 1. The van der Waals surface area contributed by atoms with Gasteiger partial charge in [0.2, 0.25) is 0 Å². The molecule has 0 saturated heterocycles. The fourth-order valence-corrected chi connectivity index (χ4v) is 5.23. The van der Waals surface area contributed by atoms with Gasteiger partial charge in [-0.25, -0.2) is 4.79 Å². The number of carboxylic acid groups (broad SMARTS) is 1. The normalized spacial score (nSPS) is 25.1. The summed E-state index contributed by atoms with van der Waals surface area (Å²) in [7, 11) is 0. The smallest absolute Gasteiger partial charge is 0.345 e. The van der Waals surface area contributed by atoms with Crippen molar-refractivity contribution in [3.8, 4) is 0 Å². The maximum atomic E-state index is 11.0. The number of alkyl halides is 1. The maximum absolute atomic E-state index is 11.0. The predicted molar refractivity (Wildman–Crippen MR) is 118 cm³/mol. The minimum atomic E-state index is -0.921. The third kappa shape index (κ3) is 5.40. The average molecular weight is 458 g/mol. The first-order valence-electron chi connectivity index (χ1n) is 8.79. The lowest BCUT2D eigenvalue weighted by molar-refractivity contribution is 0.0702. The zero-order valence-corrected chi connectivity index (χ0v) is 17.8. The number of carbonyl (C=O) groups is 1. The topological polar surface area (TPSA) is 57.5 Å². The number of hydrogen-bond acceptors (Lipinski definition) is 3. The van der Waals surface area contributed by atoms with E-state index in [1.165, 1.54) is 11.3 Å². The van der Waals surface area contributed by atoms with Crippen molar-refractivity contribution in [1.29, 1.82) is 0 Å². The second-order valence-corrected chi connectivity index (χ2v) is 9.32. The molecule has 0 aliphatic heterocycles.